The molecule has 0 unspecified atom stereocenters. The van der Waals surface area contributed by atoms with Gasteiger partial charge in [-0.2, -0.15) is 114 Å². The molecule has 0 atom stereocenters. The Morgan fingerprint density at radius 2 is 0.566 bits per heavy atom. The van der Waals surface area contributed by atoms with Crippen molar-refractivity contribution in [3.8, 4) is 0 Å². The maximum atomic E-state index is 15.6. The van der Waals surface area contributed by atoms with Crippen molar-refractivity contribution in [1.29, 1.82) is 0 Å². The smallest absolute Gasteiger partial charge is 0.199 e. The minimum atomic E-state index is -8.43. The first-order valence-corrected chi connectivity index (χ1v) is 13.0. The zero-order chi connectivity index (χ0) is 41.8. The van der Waals surface area contributed by atoms with Crippen LogP contribution < -0.4 is 0 Å². The Morgan fingerprint density at radius 1 is 0.302 bits per heavy atom. The second-order valence-electron chi connectivity index (χ2n) is 11.0. The minimum Gasteiger partial charge on any atom is -0.199 e. The van der Waals surface area contributed by atoms with E-state index in [1.807, 2.05) is 0 Å². The summed E-state index contributed by atoms with van der Waals surface area (Å²) < 4.78 is 360. The quantitative estimate of drug-likeness (QED) is 0.133. The molecule has 3 aromatic rings. The zero-order valence-electron chi connectivity index (χ0n) is 24.2. The van der Waals surface area contributed by atoms with Crippen molar-refractivity contribution in [3.63, 3.8) is 0 Å². The van der Waals surface area contributed by atoms with Gasteiger partial charge in [0, 0.05) is 12.0 Å². The van der Waals surface area contributed by atoms with Crippen LogP contribution in [0.15, 0.2) is 48.5 Å². The zero-order valence-corrected chi connectivity index (χ0v) is 24.2. The van der Waals surface area contributed by atoms with Gasteiger partial charge >= 0.3 is 71.6 Å². The van der Waals surface area contributed by atoms with Crippen LogP contribution in [0.1, 0.15) is 11.1 Å². The van der Waals surface area contributed by atoms with Gasteiger partial charge in [-0.15, -0.1) is 0 Å². The molecule has 0 N–H and O–H groups in total. The summed E-state index contributed by atoms with van der Waals surface area (Å²) in [5.74, 6) is -80.2. The molecule has 0 saturated carbocycles. The first-order valence-electron chi connectivity index (χ1n) is 13.0. The van der Waals surface area contributed by atoms with Gasteiger partial charge in [-0.1, -0.05) is 48.5 Å². The molecular formula is C27H10F26. The highest BCUT2D eigenvalue weighted by Crippen LogP contribution is 2.64. The average molecular weight is 828 g/mol. The van der Waals surface area contributed by atoms with Crippen molar-refractivity contribution < 1.29 is 114 Å². The predicted molar refractivity (Wildman–Crippen MR) is 126 cm³/mol. The molecule has 53 heavy (non-hydrogen) atoms. The Labute approximate surface area is 274 Å². The highest BCUT2D eigenvalue weighted by Gasteiger charge is 2.92. The lowest BCUT2D eigenvalue weighted by molar-refractivity contribution is -0.441. The topological polar surface area (TPSA) is 0 Å². The van der Waals surface area contributed by atoms with E-state index in [1.165, 1.54) is 0 Å². The van der Waals surface area contributed by atoms with Crippen molar-refractivity contribution in [1.82, 2.24) is 0 Å². The maximum absolute atomic E-state index is 15.6. The van der Waals surface area contributed by atoms with E-state index in [2.05, 4.69) is 0 Å². The van der Waals surface area contributed by atoms with Crippen LogP contribution in [-0.4, -0.2) is 65.7 Å². The van der Waals surface area contributed by atoms with E-state index < -0.39 is 111 Å². The van der Waals surface area contributed by atoms with Gasteiger partial charge in [-0.3, -0.25) is 0 Å². The maximum Gasteiger partial charge on any atom is 0.460 e. The highest BCUT2D eigenvalue weighted by atomic mass is 19.4. The van der Waals surface area contributed by atoms with Gasteiger partial charge in [-0.25, -0.2) is 0 Å². The van der Waals surface area contributed by atoms with E-state index in [-0.39, 0.29) is 24.3 Å². The second kappa shape index (κ2) is 11.9. The summed E-state index contributed by atoms with van der Waals surface area (Å²) in [6, 6.07) is 1.57. The number of benzene rings is 3. The van der Waals surface area contributed by atoms with E-state index in [4.69, 9.17) is 0 Å². The number of hydrogen-bond acceptors (Lipinski definition) is 0. The third-order valence-corrected chi connectivity index (χ3v) is 7.69. The first-order chi connectivity index (χ1) is 23.2. The number of alkyl halides is 26. The average Bonchev–Trinajstić information content (AvgIpc) is 2.98. The van der Waals surface area contributed by atoms with E-state index in [1.54, 1.807) is 0 Å². The molecule has 0 heterocycles. The third kappa shape index (κ3) is 5.67. The summed E-state index contributed by atoms with van der Waals surface area (Å²) in [4.78, 5) is 0. The van der Waals surface area contributed by atoms with Gasteiger partial charge in [0.15, 0.2) is 0 Å². The molecule has 0 aliphatic carbocycles. The summed E-state index contributed by atoms with van der Waals surface area (Å²) in [6.07, 6.45) is -19.0. The predicted octanol–water partition coefficient (Wildman–Crippen LogP) is 12.5. The lowest BCUT2D eigenvalue weighted by atomic mass is 9.82. The van der Waals surface area contributed by atoms with Crippen molar-refractivity contribution in [2.45, 2.75) is 78.0 Å². The van der Waals surface area contributed by atoms with Gasteiger partial charge in [0.25, 0.3) is 0 Å². The molecule has 0 amide bonds. The molecular weight excluding hydrogens is 818 g/mol. The number of rotatable bonds is 11. The van der Waals surface area contributed by atoms with E-state index >= 15 is 8.78 Å². The van der Waals surface area contributed by atoms with Crippen LogP contribution in [0, 0.1) is 0 Å². The van der Waals surface area contributed by atoms with Gasteiger partial charge in [-0.05, 0) is 27.1 Å². The summed E-state index contributed by atoms with van der Waals surface area (Å²) >= 11 is 0. The number of fused-ring (bicyclic) bond motifs is 2. The van der Waals surface area contributed by atoms with Crippen LogP contribution in [0.3, 0.4) is 0 Å². The van der Waals surface area contributed by atoms with Crippen LogP contribution in [0.5, 0.6) is 0 Å². The normalized spacial score (nSPS) is 15.8. The number of halogens is 26. The summed E-state index contributed by atoms with van der Waals surface area (Å²) in [5.41, 5.74) is -4.74. The van der Waals surface area contributed by atoms with Crippen molar-refractivity contribution >= 4 is 21.5 Å². The van der Waals surface area contributed by atoms with E-state index in [0.29, 0.717) is 24.3 Å². The molecule has 26 heteroatoms. The third-order valence-electron chi connectivity index (χ3n) is 7.69. The van der Waals surface area contributed by atoms with Gasteiger partial charge in [0.2, 0.25) is 0 Å². The lowest BCUT2D eigenvalue weighted by Gasteiger charge is -2.40. The highest BCUT2D eigenvalue weighted by molar-refractivity contribution is 6.06. The van der Waals surface area contributed by atoms with Crippen LogP contribution >= 0.6 is 0 Å². The molecule has 0 spiro atoms. The van der Waals surface area contributed by atoms with Crippen LogP contribution in [0.2, 0.25) is 0 Å². The van der Waals surface area contributed by atoms with Crippen LogP contribution in [0.25, 0.3) is 21.5 Å². The summed E-state index contributed by atoms with van der Waals surface area (Å²) in [6.45, 7) is 0. The van der Waals surface area contributed by atoms with Crippen LogP contribution in [-0.2, 0) is 12.3 Å². The Balaban J connectivity index is 2.39. The fourth-order valence-corrected chi connectivity index (χ4v) is 4.81. The molecule has 0 aliphatic heterocycles. The molecule has 300 valence electrons. The molecule has 0 saturated heterocycles. The van der Waals surface area contributed by atoms with Crippen molar-refractivity contribution in [2.24, 2.45) is 0 Å². The Hall–Kier alpha value is -3.64. The molecule has 0 aliphatic rings. The molecule has 3 aromatic carbocycles. The van der Waals surface area contributed by atoms with E-state index in [9.17, 15) is 105 Å². The van der Waals surface area contributed by atoms with Crippen LogP contribution in [0.4, 0.5) is 114 Å². The summed E-state index contributed by atoms with van der Waals surface area (Å²) in [5, 5.41) is -7.41. The fraction of sp³-hybridized carbons (Fsp3) is 0.481. The van der Waals surface area contributed by atoms with E-state index in [0.717, 1.165) is 0 Å². The lowest BCUT2D eigenvalue weighted by Crippen LogP contribution is -2.70. The standard InChI is InChI=1S/C27H10F26/c28-16(29,18(32,33)20(36,37)22(40,41)24(44,45)26(48,49)50)9-14-10-5-1-3-7-12(10)15(13-8-4-2-6-11(13)14)17(30,31)19(34,35)21(38,39)23(42,43)25(46,47)27(51,52)53/h1-8H,9H2. The van der Waals surface area contributed by atoms with Crippen molar-refractivity contribution in [3.05, 3.63) is 59.7 Å². The van der Waals surface area contributed by atoms with Crippen molar-refractivity contribution in [2.75, 3.05) is 0 Å². The fourth-order valence-electron chi connectivity index (χ4n) is 4.81. The Morgan fingerprint density at radius 3 is 0.868 bits per heavy atom. The Bertz CT molecular complexity index is 1790. The minimum absolute atomic E-state index is 0.0614. The molecule has 0 fully saturated rings. The SMILES string of the molecule is FC(F)(F)C(F)(F)C(F)(F)C(F)(F)C(F)(F)C(F)(F)Cc1c2ccccc2c(C(F)(F)C(F)(F)C(F)(F)C(F)(F)C(F)(F)C(F)(F)F)c2ccccc12. The van der Waals surface area contributed by atoms with Gasteiger partial charge < -0.3 is 0 Å². The molecule has 3 rings (SSSR count). The largest absolute Gasteiger partial charge is 0.460 e. The molecule has 0 aromatic heterocycles. The number of hydrogen-bond donors (Lipinski definition) is 0. The molecule has 0 nitrogen and oxygen atoms in total. The Kier molecular flexibility index (Phi) is 9.85. The molecule has 0 radical (unpaired) electrons. The second-order valence-corrected chi connectivity index (χ2v) is 11.0. The monoisotopic (exact) mass is 828 g/mol. The first kappa shape index (κ1) is 43.8. The van der Waals surface area contributed by atoms with Gasteiger partial charge in [0.1, 0.15) is 0 Å². The molecule has 0 bridgehead atoms. The van der Waals surface area contributed by atoms with Gasteiger partial charge in [0.05, 0.1) is 0 Å². The summed E-state index contributed by atoms with van der Waals surface area (Å²) in [7, 11) is 0.